The Labute approximate surface area is 317 Å². The van der Waals surface area contributed by atoms with Crippen molar-refractivity contribution < 1.29 is 43.7 Å². The van der Waals surface area contributed by atoms with E-state index in [0.29, 0.717) is 25.2 Å². The molecule has 8 unspecified atom stereocenters. The van der Waals surface area contributed by atoms with Crippen molar-refractivity contribution in [3.63, 3.8) is 0 Å². The molecule has 1 rings (SSSR count). The van der Waals surface area contributed by atoms with E-state index in [2.05, 4.69) is 40.4 Å². The fourth-order valence-electron chi connectivity index (χ4n) is 6.25. The highest BCUT2D eigenvalue weighted by Crippen LogP contribution is 2.19. The van der Waals surface area contributed by atoms with Crippen LogP contribution in [0, 0.1) is 23.7 Å². The number of ether oxygens (including phenoxy) is 1. The van der Waals surface area contributed by atoms with E-state index in [1.165, 1.54) is 19.8 Å². The highest BCUT2D eigenvalue weighted by atomic mass is 16.5. The van der Waals surface area contributed by atoms with Crippen LogP contribution >= 0.6 is 0 Å². The second-order valence-electron chi connectivity index (χ2n) is 16.1. The van der Waals surface area contributed by atoms with E-state index in [1.807, 2.05) is 34.6 Å². The van der Waals surface area contributed by atoms with Crippen LogP contribution in [0.2, 0.25) is 0 Å². The van der Waals surface area contributed by atoms with Crippen LogP contribution in [-0.2, 0) is 33.5 Å². The Balaban J connectivity index is 3.53. The quantitative estimate of drug-likeness (QED) is 0.0859. The SMILES string of the molecule is CCC(C)C1NC(=O)C(CC(C)C)NC(=O)C(C(C)O)NC(=O)C(CO)NC(=O)C(CC(C)C)NC(=O)CC(CCCCCCCCC(C)C)OC1=O. The molecule has 0 aromatic carbocycles. The molecule has 5 amide bonds. The maximum Gasteiger partial charge on any atom is 0.329 e. The number of hydrogen-bond donors (Lipinski definition) is 7. The molecule has 8 atom stereocenters. The highest BCUT2D eigenvalue weighted by molar-refractivity contribution is 5.96. The predicted molar refractivity (Wildman–Crippen MR) is 203 cm³/mol. The van der Waals surface area contributed by atoms with Crippen molar-refractivity contribution >= 4 is 35.5 Å². The van der Waals surface area contributed by atoms with E-state index < -0.39 is 84.5 Å². The van der Waals surface area contributed by atoms with Crippen LogP contribution in [0.15, 0.2) is 0 Å². The molecule has 1 heterocycles. The summed E-state index contributed by atoms with van der Waals surface area (Å²) in [7, 11) is 0. The van der Waals surface area contributed by atoms with Gasteiger partial charge in [0.1, 0.15) is 36.3 Å². The summed E-state index contributed by atoms with van der Waals surface area (Å²) in [4.78, 5) is 81.4. The van der Waals surface area contributed by atoms with E-state index in [-0.39, 0.29) is 37.0 Å². The van der Waals surface area contributed by atoms with Crippen LogP contribution in [0.25, 0.3) is 0 Å². The Hall–Kier alpha value is -3.26. The van der Waals surface area contributed by atoms with Crippen molar-refractivity contribution in [2.75, 3.05) is 6.61 Å². The molecule has 14 heteroatoms. The maximum atomic E-state index is 13.9. The number of cyclic esters (lactones) is 1. The summed E-state index contributed by atoms with van der Waals surface area (Å²) >= 11 is 0. The molecule has 14 nitrogen and oxygen atoms in total. The largest absolute Gasteiger partial charge is 0.460 e. The molecule has 306 valence electrons. The number of carbonyl (C=O) groups excluding carboxylic acids is 6. The van der Waals surface area contributed by atoms with Gasteiger partial charge in [0.2, 0.25) is 29.5 Å². The van der Waals surface area contributed by atoms with Crippen LogP contribution < -0.4 is 26.6 Å². The van der Waals surface area contributed by atoms with Gasteiger partial charge in [0, 0.05) is 0 Å². The number of nitrogens with one attached hydrogen (secondary N) is 5. The Morgan fingerprint density at radius 2 is 1.11 bits per heavy atom. The predicted octanol–water partition coefficient (Wildman–Crippen LogP) is 3.01. The first kappa shape index (κ1) is 47.8. The third-order valence-corrected chi connectivity index (χ3v) is 9.60. The summed E-state index contributed by atoms with van der Waals surface area (Å²) in [5.74, 6) is -4.26. The Bertz CT molecular complexity index is 1160. The van der Waals surface area contributed by atoms with Gasteiger partial charge in [-0.25, -0.2) is 4.79 Å². The smallest absolute Gasteiger partial charge is 0.329 e. The van der Waals surface area contributed by atoms with Crippen LogP contribution in [0.5, 0.6) is 0 Å². The average Bonchev–Trinajstić information content (AvgIpc) is 3.06. The Kier molecular flexibility index (Phi) is 22.5. The maximum absolute atomic E-state index is 13.9. The van der Waals surface area contributed by atoms with Crippen molar-refractivity contribution in [2.24, 2.45) is 23.7 Å². The van der Waals surface area contributed by atoms with Crippen molar-refractivity contribution in [1.82, 2.24) is 26.6 Å². The van der Waals surface area contributed by atoms with Crippen LogP contribution in [0.3, 0.4) is 0 Å². The standard InChI is InChI=1S/C39H71N5O9/c1-10-26(8)33-39(52)53-28(18-16-14-12-11-13-15-17-23(2)3)21-32(47)40-29(19-24(4)5)35(48)42-31(22-45)37(50)44-34(27(9)46)38(51)41-30(20-25(6)7)36(49)43-33/h23-31,33-34,45-46H,10-22H2,1-9H3,(H,40,47)(H,41,51)(H,42,48)(H,43,49)(H,44,50). The Morgan fingerprint density at radius 3 is 1.64 bits per heavy atom. The number of carbonyl (C=O) groups is 6. The first-order chi connectivity index (χ1) is 24.9. The van der Waals surface area contributed by atoms with Gasteiger partial charge in [-0.3, -0.25) is 24.0 Å². The highest BCUT2D eigenvalue weighted by Gasteiger charge is 2.37. The fourth-order valence-corrected chi connectivity index (χ4v) is 6.25. The summed E-state index contributed by atoms with van der Waals surface area (Å²) in [5.41, 5.74) is 0. The van der Waals surface area contributed by atoms with E-state index >= 15 is 0 Å². The van der Waals surface area contributed by atoms with E-state index in [1.54, 1.807) is 6.92 Å². The minimum atomic E-state index is -1.56. The minimum Gasteiger partial charge on any atom is -0.460 e. The minimum absolute atomic E-state index is 0.0507. The molecule has 0 aliphatic carbocycles. The van der Waals surface area contributed by atoms with E-state index in [0.717, 1.165) is 25.7 Å². The van der Waals surface area contributed by atoms with Crippen LogP contribution in [0.4, 0.5) is 0 Å². The summed E-state index contributed by atoms with van der Waals surface area (Å²) in [6, 6.07) is -6.40. The van der Waals surface area contributed by atoms with Gasteiger partial charge in [-0.2, -0.15) is 0 Å². The molecule has 0 bridgehead atoms. The van der Waals surface area contributed by atoms with Gasteiger partial charge in [0.15, 0.2) is 0 Å². The van der Waals surface area contributed by atoms with Crippen molar-refractivity contribution in [2.45, 2.75) is 182 Å². The number of hydrogen-bond acceptors (Lipinski definition) is 9. The van der Waals surface area contributed by atoms with Gasteiger partial charge in [0.05, 0.1) is 19.1 Å². The molecule has 0 saturated carbocycles. The van der Waals surface area contributed by atoms with E-state index in [4.69, 9.17) is 4.74 Å². The molecule has 0 spiro atoms. The molecule has 0 aromatic heterocycles. The number of amides is 5. The number of unbranched alkanes of at least 4 members (excludes halogenated alkanes) is 5. The zero-order valence-corrected chi connectivity index (χ0v) is 33.8. The molecule has 0 radical (unpaired) electrons. The summed E-state index contributed by atoms with van der Waals surface area (Å²) in [6.07, 6.45) is 5.98. The van der Waals surface area contributed by atoms with Crippen molar-refractivity contribution in [3.8, 4) is 0 Å². The number of aliphatic hydroxyl groups is 2. The van der Waals surface area contributed by atoms with Crippen molar-refractivity contribution in [3.05, 3.63) is 0 Å². The zero-order chi connectivity index (χ0) is 40.2. The first-order valence-electron chi connectivity index (χ1n) is 19.9. The van der Waals surface area contributed by atoms with Crippen LogP contribution in [-0.4, -0.2) is 94.7 Å². The number of aliphatic hydroxyl groups excluding tert-OH is 2. The molecule has 53 heavy (non-hydrogen) atoms. The second-order valence-corrected chi connectivity index (χ2v) is 16.1. The zero-order valence-electron chi connectivity index (χ0n) is 33.8. The first-order valence-corrected chi connectivity index (χ1v) is 19.9. The summed E-state index contributed by atoms with van der Waals surface area (Å²) < 4.78 is 6.00. The van der Waals surface area contributed by atoms with Gasteiger partial charge < -0.3 is 41.5 Å². The molecule has 1 aliphatic heterocycles. The molecular formula is C39H71N5O9. The lowest BCUT2D eigenvalue weighted by molar-refractivity contribution is -0.156. The fraction of sp³-hybridized carbons (Fsp3) is 0.846. The van der Waals surface area contributed by atoms with Gasteiger partial charge in [-0.05, 0) is 56.3 Å². The molecule has 7 N–H and O–H groups in total. The molecular weight excluding hydrogens is 682 g/mol. The Morgan fingerprint density at radius 1 is 0.623 bits per heavy atom. The van der Waals surface area contributed by atoms with Gasteiger partial charge in [0.25, 0.3) is 0 Å². The summed E-state index contributed by atoms with van der Waals surface area (Å²) in [6.45, 7) is 16.0. The monoisotopic (exact) mass is 754 g/mol. The third-order valence-electron chi connectivity index (χ3n) is 9.60. The van der Waals surface area contributed by atoms with Crippen LogP contribution in [0.1, 0.15) is 139 Å². The molecule has 1 saturated heterocycles. The van der Waals surface area contributed by atoms with E-state index in [9.17, 15) is 39.0 Å². The lowest BCUT2D eigenvalue weighted by atomic mass is 9.97. The summed E-state index contributed by atoms with van der Waals surface area (Å²) in [5, 5.41) is 33.5. The molecule has 1 aliphatic rings. The lowest BCUT2D eigenvalue weighted by Gasteiger charge is -2.29. The topological polar surface area (TPSA) is 212 Å². The van der Waals surface area contributed by atoms with Crippen molar-refractivity contribution in [1.29, 1.82) is 0 Å². The van der Waals surface area contributed by atoms with Gasteiger partial charge >= 0.3 is 5.97 Å². The number of esters is 1. The normalized spacial score (nSPS) is 25.7. The van der Waals surface area contributed by atoms with Gasteiger partial charge in [-0.15, -0.1) is 0 Å². The molecule has 0 aromatic rings. The molecule has 1 fully saturated rings. The second kappa shape index (κ2) is 24.9. The number of rotatable bonds is 17. The average molecular weight is 754 g/mol. The lowest BCUT2D eigenvalue weighted by Crippen LogP contribution is -2.62. The third kappa shape index (κ3) is 18.6. The van der Waals surface area contributed by atoms with Gasteiger partial charge in [-0.1, -0.05) is 100 Å².